The first-order valence-electron chi connectivity index (χ1n) is 9.85. The smallest absolute Gasteiger partial charge is 0.0520 e. The number of hydrogen-bond acceptors (Lipinski definition) is 4. The van der Waals surface area contributed by atoms with E-state index in [2.05, 4.69) is 65.3 Å². The van der Waals surface area contributed by atoms with Crippen LogP contribution in [0.15, 0.2) is 77.8 Å². The predicted octanol–water partition coefficient (Wildman–Crippen LogP) is 3.78. The summed E-state index contributed by atoms with van der Waals surface area (Å²) < 4.78 is 0. The number of pyridine rings is 1. The van der Waals surface area contributed by atoms with Gasteiger partial charge in [0.25, 0.3) is 0 Å². The third kappa shape index (κ3) is 2.90. The Balaban J connectivity index is 0.00000205. The maximum Gasteiger partial charge on any atom is 0.0520 e. The Kier molecular flexibility index (Phi) is 4.21. The number of nitrogens with one attached hydrogen (secondary N) is 1. The molecule has 1 N–H and O–H groups in total. The van der Waals surface area contributed by atoms with Crippen molar-refractivity contribution in [3.05, 3.63) is 89.6 Å². The highest BCUT2D eigenvalue weighted by atomic mass is 15.2. The van der Waals surface area contributed by atoms with Crippen molar-refractivity contribution in [2.75, 3.05) is 26.7 Å². The summed E-state index contributed by atoms with van der Waals surface area (Å²) in [5.74, 6) is 0.300. The van der Waals surface area contributed by atoms with Crippen molar-refractivity contribution in [3.63, 3.8) is 0 Å². The van der Waals surface area contributed by atoms with Crippen LogP contribution in [0.5, 0.6) is 0 Å². The van der Waals surface area contributed by atoms with Gasteiger partial charge in [0.2, 0.25) is 0 Å². The molecule has 1 aromatic heterocycles. The van der Waals surface area contributed by atoms with Gasteiger partial charge in [0, 0.05) is 68.2 Å². The molecular formula is C24H26N4. The van der Waals surface area contributed by atoms with Crippen molar-refractivity contribution in [3.8, 4) is 0 Å². The van der Waals surface area contributed by atoms with E-state index in [-0.39, 0.29) is 1.43 Å². The van der Waals surface area contributed by atoms with Crippen molar-refractivity contribution in [2.24, 2.45) is 10.9 Å². The molecule has 1 aromatic rings. The number of likely N-dealkylation sites (N-methyl/N-ethyl adjacent to an activating group) is 1. The minimum absolute atomic E-state index is 0. The van der Waals surface area contributed by atoms with Crippen LogP contribution in [0.4, 0.5) is 0 Å². The Hall–Kier alpha value is -2.98. The van der Waals surface area contributed by atoms with Crippen molar-refractivity contribution in [2.45, 2.75) is 6.42 Å². The molecule has 4 nitrogen and oxygen atoms in total. The lowest BCUT2D eigenvalue weighted by Gasteiger charge is -2.28. The molecule has 4 aliphatic rings. The molecule has 0 bridgehead atoms. The average Bonchev–Trinajstić information content (AvgIpc) is 3.34. The van der Waals surface area contributed by atoms with E-state index in [1.54, 1.807) is 0 Å². The van der Waals surface area contributed by atoms with Crippen molar-refractivity contribution >= 4 is 16.9 Å². The number of aliphatic imine (C=N–C) groups is 1. The normalized spacial score (nSPS) is 24.8. The Labute approximate surface area is 167 Å². The highest BCUT2D eigenvalue weighted by molar-refractivity contribution is 6.04. The Bertz CT molecular complexity index is 1040. The van der Waals surface area contributed by atoms with Crippen LogP contribution in [0.1, 0.15) is 18.2 Å². The zero-order valence-corrected chi connectivity index (χ0v) is 16.2. The predicted molar refractivity (Wildman–Crippen MR) is 118 cm³/mol. The lowest BCUT2D eigenvalue weighted by atomic mass is 9.89. The zero-order valence-electron chi connectivity index (χ0n) is 16.2. The Morgan fingerprint density at radius 3 is 3.18 bits per heavy atom. The molecule has 0 amide bonds. The number of fused-ring (bicyclic) bond motifs is 2. The first-order valence-corrected chi connectivity index (χ1v) is 9.85. The van der Waals surface area contributed by atoms with E-state index in [9.17, 15) is 0 Å². The van der Waals surface area contributed by atoms with E-state index in [1.165, 1.54) is 22.4 Å². The number of allylic oxidation sites excluding steroid dienone is 9. The monoisotopic (exact) mass is 370 g/mol. The third-order valence-electron chi connectivity index (χ3n) is 5.82. The number of hydrogen-bond donors (Lipinski definition) is 1. The van der Waals surface area contributed by atoms with Gasteiger partial charge in [-0.25, -0.2) is 0 Å². The highest BCUT2D eigenvalue weighted by Crippen LogP contribution is 2.37. The Morgan fingerprint density at radius 1 is 1.39 bits per heavy atom. The van der Waals surface area contributed by atoms with Gasteiger partial charge in [-0.1, -0.05) is 37.0 Å². The van der Waals surface area contributed by atoms with Crippen LogP contribution < -0.4 is 5.32 Å². The molecule has 4 heteroatoms. The maximum atomic E-state index is 4.79. The lowest BCUT2D eigenvalue weighted by molar-refractivity contribution is 0.324. The van der Waals surface area contributed by atoms with Gasteiger partial charge in [-0.2, -0.15) is 0 Å². The third-order valence-corrected chi connectivity index (χ3v) is 5.82. The summed E-state index contributed by atoms with van der Waals surface area (Å²) in [6.45, 7) is 7.00. The van der Waals surface area contributed by atoms with Gasteiger partial charge in [0.15, 0.2) is 0 Å². The minimum Gasteiger partial charge on any atom is -0.386 e. The number of aromatic nitrogens is 1. The topological polar surface area (TPSA) is 40.5 Å². The molecule has 5 rings (SSSR count). The van der Waals surface area contributed by atoms with E-state index in [4.69, 9.17) is 4.98 Å². The molecule has 142 valence electrons. The van der Waals surface area contributed by atoms with Crippen LogP contribution in [0, 0.1) is 5.92 Å². The van der Waals surface area contributed by atoms with Crippen molar-refractivity contribution in [1.82, 2.24) is 15.2 Å². The van der Waals surface area contributed by atoms with Crippen molar-refractivity contribution in [1.29, 1.82) is 0 Å². The summed E-state index contributed by atoms with van der Waals surface area (Å²) >= 11 is 0. The fourth-order valence-corrected chi connectivity index (χ4v) is 4.32. The molecule has 3 heterocycles. The van der Waals surface area contributed by atoms with Crippen LogP contribution in [-0.2, 0) is 6.42 Å². The van der Waals surface area contributed by atoms with Crippen LogP contribution in [0.3, 0.4) is 0 Å². The molecule has 0 radical (unpaired) electrons. The summed E-state index contributed by atoms with van der Waals surface area (Å²) in [5.41, 5.74) is 9.55. The largest absolute Gasteiger partial charge is 0.386 e. The first kappa shape index (κ1) is 17.1. The van der Waals surface area contributed by atoms with E-state index >= 15 is 0 Å². The van der Waals surface area contributed by atoms with E-state index in [1.807, 2.05) is 18.5 Å². The van der Waals surface area contributed by atoms with Crippen LogP contribution in [-0.4, -0.2) is 42.3 Å². The van der Waals surface area contributed by atoms with Gasteiger partial charge >= 0.3 is 0 Å². The molecule has 2 aliphatic heterocycles. The maximum absolute atomic E-state index is 4.79. The van der Waals surface area contributed by atoms with Gasteiger partial charge in [0.05, 0.1) is 11.4 Å². The van der Waals surface area contributed by atoms with E-state index in [0.717, 1.165) is 48.6 Å². The lowest BCUT2D eigenvalue weighted by Crippen LogP contribution is -2.40. The molecule has 1 atom stereocenters. The van der Waals surface area contributed by atoms with Gasteiger partial charge in [-0.05, 0) is 30.3 Å². The second-order valence-electron chi connectivity index (χ2n) is 7.68. The highest BCUT2D eigenvalue weighted by Gasteiger charge is 2.24. The average molecular weight is 371 g/mol. The molecule has 1 unspecified atom stereocenters. The van der Waals surface area contributed by atoms with E-state index in [0.29, 0.717) is 5.92 Å². The van der Waals surface area contributed by atoms with Gasteiger partial charge in [0.1, 0.15) is 0 Å². The molecule has 0 spiro atoms. The zero-order chi connectivity index (χ0) is 19.1. The quantitative estimate of drug-likeness (QED) is 0.880. The number of piperazine rings is 1. The number of rotatable bonds is 3. The summed E-state index contributed by atoms with van der Waals surface area (Å²) in [7, 11) is 2.15. The summed E-state index contributed by atoms with van der Waals surface area (Å²) in [4.78, 5) is 11.5. The second-order valence-corrected chi connectivity index (χ2v) is 7.68. The fourth-order valence-electron chi connectivity index (χ4n) is 4.32. The SMILES string of the molecule is C=C/C(=C1/CN(C)CCN1)c1cnc2c(c1)C(C1=CC3C=CN=C3C=C1)=CC2.[HH]. The standard InChI is InChI=1S/C24H24N4.H2/c1-3-19(24-15-28(2)11-10-26-24)18-13-21-20(5-7-23(21)27-14-18)16-4-6-22-17(12-16)8-9-25-22;/h3-6,8-9,12-14,17,26H,1,7,10-11,15H2,2H3;1H/b24-19+;. The first-order chi connectivity index (χ1) is 13.7. The summed E-state index contributed by atoms with van der Waals surface area (Å²) in [6, 6.07) is 2.28. The molecule has 1 fully saturated rings. The number of nitrogens with zero attached hydrogens (tertiary/aromatic N) is 3. The molecule has 0 saturated carbocycles. The van der Waals surface area contributed by atoms with Gasteiger partial charge in [-0.3, -0.25) is 14.9 Å². The minimum atomic E-state index is 0. The summed E-state index contributed by atoms with van der Waals surface area (Å²) in [6.07, 6.45) is 17.8. The van der Waals surface area contributed by atoms with Crippen molar-refractivity contribution < 1.29 is 1.43 Å². The second kappa shape index (κ2) is 6.88. The molecule has 28 heavy (non-hydrogen) atoms. The van der Waals surface area contributed by atoms with Gasteiger partial charge < -0.3 is 5.32 Å². The Morgan fingerprint density at radius 2 is 2.32 bits per heavy atom. The summed E-state index contributed by atoms with van der Waals surface area (Å²) in [5, 5.41) is 3.55. The van der Waals surface area contributed by atoms with Crippen LogP contribution in [0.25, 0.3) is 11.1 Å². The molecule has 1 saturated heterocycles. The molecular weight excluding hydrogens is 344 g/mol. The van der Waals surface area contributed by atoms with Crippen LogP contribution in [0.2, 0.25) is 0 Å². The fraction of sp³-hybridized carbons (Fsp3) is 0.250. The van der Waals surface area contributed by atoms with Gasteiger partial charge in [-0.15, -0.1) is 0 Å². The van der Waals surface area contributed by atoms with E-state index < -0.39 is 0 Å². The molecule has 2 aliphatic carbocycles. The van der Waals surface area contributed by atoms with Crippen LogP contribution >= 0.6 is 0 Å². The molecule has 0 aromatic carbocycles.